The van der Waals surface area contributed by atoms with Crippen molar-refractivity contribution in [1.82, 2.24) is 4.90 Å². The fraction of sp³-hybridized carbons (Fsp3) is 1.00. The number of hydrogen-bond acceptors (Lipinski definition) is 2. The van der Waals surface area contributed by atoms with Crippen LogP contribution < -0.4 is 5.73 Å². The van der Waals surface area contributed by atoms with Crippen molar-refractivity contribution in [1.29, 1.82) is 0 Å². The number of nitrogens with two attached hydrogens (primary N) is 1. The van der Waals surface area contributed by atoms with Crippen molar-refractivity contribution in [2.75, 3.05) is 19.6 Å². The average Bonchev–Trinajstić information content (AvgIpc) is 2.79. The van der Waals surface area contributed by atoms with Gasteiger partial charge in [0.25, 0.3) is 0 Å². The van der Waals surface area contributed by atoms with E-state index in [0.717, 1.165) is 24.3 Å². The average molecular weight is 295 g/mol. The molecule has 0 spiro atoms. The molecule has 1 saturated carbocycles. The second-order valence-electron chi connectivity index (χ2n) is 9.16. The lowest BCUT2D eigenvalue weighted by Crippen LogP contribution is -2.52. The van der Waals surface area contributed by atoms with Crippen LogP contribution in [0.25, 0.3) is 0 Å². The molecule has 0 bridgehead atoms. The van der Waals surface area contributed by atoms with Gasteiger partial charge < -0.3 is 5.73 Å². The molecule has 1 heterocycles. The van der Waals surface area contributed by atoms with E-state index in [1.165, 1.54) is 51.6 Å². The standard InChI is InChI=1S/C19H38N2/c1-15(2)16-9-12-21(13-16)19(14-20)10-6-7-17(8-11-19)18(3,4)5/h15-17H,6-14,20H2,1-5H3. The summed E-state index contributed by atoms with van der Waals surface area (Å²) in [6.45, 7) is 15.4. The molecule has 2 rings (SSSR count). The van der Waals surface area contributed by atoms with Gasteiger partial charge in [-0.05, 0) is 61.8 Å². The fourth-order valence-corrected chi connectivity index (χ4v) is 4.67. The van der Waals surface area contributed by atoms with Crippen molar-refractivity contribution in [3.8, 4) is 0 Å². The van der Waals surface area contributed by atoms with E-state index in [1.807, 2.05) is 0 Å². The van der Waals surface area contributed by atoms with E-state index < -0.39 is 0 Å². The Bertz CT molecular complexity index is 331. The van der Waals surface area contributed by atoms with Crippen molar-refractivity contribution in [2.24, 2.45) is 28.9 Å². The van der Waals surface area contributed by atoms with Crippen LogP contribution in [-0.2, 0) is 0 Å². The highest BCUT2D eigenvalue weighted by Gasteiger charge is 2.42. The molecule has 124 valence electrons. The molecule has 2 fully saturated rings. The Morgan fingerprint density at radius 1 is 1.14 bits per heavy atom. The summed E-state index contributed by atoms with van der Waals surface area (Å²) in [4.78, 5) is 2.78. The first-order valence-electron chi connectivity index (χ1n) is 9.23. The van der Waals surface area contributed by atoms with Crippen molar-refractivity contribution < 1.29 is 0 Å². The van der Waals surface area contributed by atoms with Crippen LogP contribution in [0.15, 0.2) is 0 Å². The number of likely N-dealkylation sites (tertiary alicyclic amines) is 1. The van der Waals surface area contributed by atoms with E-state index >= 15 is 0 Å². The normalized spacial score (nSPS) is 36.1. The van der Waals surface area contributed by atoms with Gasteiger partial charge in [0.2, 0.25) is 0 Å². The summed E-state index contributed by atoms with van der Waals surface area (Å²) < 4.78 is 0. The number of rotatable bonds is 3. The summed E-state index contributed by atoms with van der Waals surface area (Å²) in [7, 11) is 0. The fourth-order valence-electron chi connectivity index (χ4n) is 4.67. The van der Waals surface area contributed by atoms with E-state index in [4.69, 9.17) is 5.73 Å². The van der Waals surface area contributed by atoms with Crippen LogP contribution in [-0.4, -0.2) is 30.1 Å². The van der Waals surface area contributed by atoms with Crippen LogP contribution in [0.5, 0.6) is 0 Å². The minimum Gasteiger partial charge on any atom is -0.329 e. The third kappa shape index (κ3) is 3.82. The van der Waals surface area contributed by atoms with Crippen molar-refractivity contribution >= 4 is 0 Å². The minimum absolute atomic E-state index is 0.309. The molecular formula is C19H38N2. The Morgan fingerprint density at radius 2 is 1.86 bits per heavy atom. The molecule has 0 aromatic heterocycles. The second kappa shape index (κ2) is 6.58. The van der Waals surface area contributed by atoms with Crippen LogP contribution in [0.3, 0.4) is 0 Å². The van der Waals surface area contributed by atoms with Gasteiger partial charge in [0, 0.05) is 18.6 Å². The first kappa shape index (κ1) is 17.3. The zero-order chi connectivity index (χ0) is 15.7. The van der Waals surface area contributed by atoms with Gasteiger partial charge in [0.05, 0.1) is 0 Å². The predicted molar refractivity (Wildman–Crippen MR) is 92.3 cm³/mol. The van der Waals surface area contributed by atoms with Crippen molar-refractivity contribution in [2.45, 2.75) is 78.7 Å². The monoisotopic (exact) mass is 294 g/mol. The van der Waals surface area contributed by atoms with Crippen LogP contribution in [0.2, 0.25) is 0 Å². The smallest absolute Gasteiger partial charge is 0.0331 e. The maximum atomic E-state index is 6.32. The Balaban J connectivity index is 2.05. The summed E-state index contributed by atoms with van der Waals surface area (Å²) in [5.74, 6) is 2.57. The molecule has 3 atom stereocenters. The van der Waals surface area contributed by atoms with Crippen LogP contribution in [0, 0.1) is 23.2 Å². The Kier molecular flexibility index (Phi) is 5.41. The lowest BCUT2D eigenvalue weighted by Gasteiger charge is -2.41. The molecule has 2 aliphatic rings. The van der Waals surface area contributed by atoms with Gasteiger partial charge in [-0.25, -0.2) is 0 Å². The Morgan fingerprint density at radius 3 is 2.38 bits per heavy atom. The molecule has 2 nitrogen and oxygen atoms in total. The van der Waals surface area contributed by atoms with Gasteiger partial charge >= 0.3 is 0 Å². The van der Waals surface area contributed by atoms with Gasteiger partial charge in [0.15, 0.2) is 0 Å². The first-order valence-corrected chi connectivity index (χ1v) is 9.23. The van der Waals surface area contributed by atoms with Crippen LogP contribution in [0.4, 0.5) is 0 Å². The summed E-state index contributed by atoms with van der Waals surface area (Å²) >= 11 is 0. The molecule has 1 aliphatic heterocycles. The Labute approximate surface area is 132 Å². The molecule has 0 aromatic carbocycles. The largest absolute Gasteiger partial charge is 0.329 e. The molecule has 21 heavy (non-hydrogen) atoms. The molecule has 2 heteroatoms. The van der Waals surface area contributed by atoms with Gasteiger partial charge in [0.1, 0.15) is 0 Å². The molecule has 1 aliphatic carbocycles. The summed E-state index contributed by atoms with van der Waals surface area (Å²) in [5.41, 5.74) is 7.09. The third-order valence-corrected chi connectivity index (χ3v) is 6.60. The first-order chi connectivity index (χ1) is 9.78. The molecule has 0 radical (unpaired) electrons. The topological polar surface area (TPSA) is 29.3 Å². The van der Waals surface area contributed by atoms with E-state index in [1.54, 1.807) is 0 Å². The zero-order valence-electron chi connectivity index (χ0n) is 15.1. The molecule has 2 N–H and O–H groups in total. The minimum atomic E-state index is 0.309. The summed E-state index contributed by atoms with van der Waals surface area (Å²) in [5, 5.41) is 0. The zero-order valence-corrected chi connectivity index (χ0v) is 15.1. The van der Waals surface area contributed by atoms with Gasteiger partial charge in [-0.2, -0.15) is 0 Å². The highest BCUT2D eigenvalue weighted by Crippen LogP contribution is 2.43. The molecule has 3 unspecified atom stereocenters. The summed E-state index contributed by atoms with van der Waals surface area (Å²) in [6.07, 6.45) is 8.14. The molecule has 1 saturated heterocycles. The van der Waals surface area contributed by atoms with Gasteiger partial charge in [-0.15, -0.1) is 0 Å². The van der Waals surface area contributed by atoms with Crippen LogP contribution >= 0.6 is 0 Å². The number of nitrogens with zero attached hydrogens (tertiary/aromatic N) is 1. The number of hydrogen-bond donors (Lipinski definition) is 1. The Hall–Kier alpha value is -0.0800. The molecule has 0 amide bonds. The van der Waals surface area contributed by atoms with Gasteiger partial charge in [-0.3, -0.25) is 4.90 Å². The lowest BCUT2D eigenvalue weighted by atomic mass is 9.76. The van der Waals surface area contributed by atoms with E-state index in [-0.39, 0.29) is 0 Å². The lowest BCUT2D eigenvalue weighted by molar-refractivity contribution is 0.0935. The predicted octanol–water partition coefficient (Wildman–Crippen LogP) is 4.29. The van der Waals surface area contributed by atoms with Gasteiger partial charge in [-0.1, -0.05) is 41.0 Å². The molecule has 0 aromatic rings. The highest BCUT2D eigenvalue weighted by molar-refractivity contribution is 4.98. The van der Waals surface area contributed by atoms with E-state index in [0.29, 0.717) is 11.0 Å². The SMILES string of the molecule is CC(C)C1CCN(C2(CN)CCCC(C(C)(C)C)CC2)C1. The molecular weight excluding hydrogens is 256 g/mol. The van der Waals surface area contributed by atoms with Crippen molar-refractivity contribution in [3.63, 3.8) is 0 Å². The second-order valence-corrected chi connectivity index (χ2v) is 9.16. The summed E-state index contributed by atoms with van der Waals surface area (Å²) in [6, 6.07) is 0. The maximum absolute atomic E-state index is 6.32. The maximum Gasteiger partial charge on any atom is 0.0331 e. The van der Waals surface area contributed by atoms with Crippen molar-refractivity contribution in [3.05, 3.63) is 0 Å². The highest BCUT2D eigenvalue weighted by atomic mass is 15.2. The van der Waals surface area contributed by atoms with E-state index in [9.17, 15) is 0 Å². The van der Waals surface area contributed by atoms with Crippen LogP contribution in [0.1, 0.15) is 73.1 Å². The van der Waals surface area contributed by atoms with E-state index in [2.05, 4.69) is 39.5 Å². The third-order valence-electron chi connectivity index (χ3n) is 6.60. The quantitative estimate of drug-likeness (QED) is 0.787.